The highest BCUT2D eigenvalue weighted by Gasteiger charge is 2.25. The van der Waals surface area contributed by atoms with Crippen LogP contribution in [0.2, 0.25) is 0 Å². The maximum Gasteiger partial charge on any atom is 0.239 e. The minimum absolute atomic E-state index is 0.0721. The van der Waals surface area contributed by atoms with E-state index in [-0.39, 0.29) is 30.4 Å². The molecule has 1 heterocycles. The fourth-order valence-corrected chi connectivity index (χ4v) is 2.77. The van der Waals surface area contributed by atoms with Crippen molar-refractivity contribution in [2.45, 2.75) is 44.6 Å². The number of likely N-dealkylation sites (tertiary alicyclic amines) is 1. The number of hydrogen-bond donors (Lipinski definition) is 2. The molecule has 2 aliphatic rings. The molecule has 0 aromatic heterocycles. The van der Waals surface area contributed by atoms with Crippen LogP contribution in [-0.4, -0.2) is 47.6 Å². The van der Waals surface area contributed by atoms with Gasteiger partial charge in [-0.2, -0.15) is 0 Å². The van der Waals surface area contributed by atoms with Crippen molar-refractivity contribution >= 4 is 11.8 Å². The Kier molecular flexibility index (Phi) is 4.58. The normalized spacial score (nSPS) is 28.5. The molecular weight excluding hydrogens is 232 g/mol. The first kappa shape index (κ1) is 13.3. The predicted octanol–water partition coefficient (Wildman–Crippen LogP) is 0.276. The predicted molar refractivity (Wildman–Crippen MR) is 66.8 cm³/mol. The summed E-state index contributed by atoms with van der Waals surface area (Å²) in [6, 6.07) is 0. The Morgan fingerprint density at radius 3 is 2.78 bits per heavy atom. The number of aliphatic hydroxyl groups excluding tert-OH is 1. The average molecular weight is 254 g/mol. The summed E-state index contributed by atoms with van der Waals surface area (Å²) in [5, 5.41) is 12.6. The minimum atomic E-state index is -0.285. The zero-order chi connectivity index (χ0) is 13.0. The van der Waals surface area contributed by atoms with E-state index in [0.717, 1.165) is 32.1 Å². The van der Waals surface area contributed by atoms with Crippen LogP contribution in [0.3, 0.4) is 0 Å². The smallest absolute Gasteiger partial charge is 0.239 e. The maximum atomic E-state index is 11.7. The summed E-state index contributed by atoms with van der Waals surface area (Å²) in [4.78, 5) is 24.7. The highest BCUT2D eigenvalue weighted by atomic mass is 16.3. The van der Waals surface area contributed by atoms with Gasteiger partial charge in [0.1, 0.15) is 0 Å². The maximum absolute atomic E-state index is 11.7. The van der Waals surface area contributed by atoms with Crippen molar-refractivity contribution in [3.05, 3.63) is 0 Å². The molecule has 0 bridgehead atoms. The molecule has 18 heavy (non-hydrogen) atoms. The van der Waals surface area contributed by atoms with Gasteiger partial charge in [-0.25, -0.2) is 0 Å². The first-order valence-corrected chi connectivity index (χ1v) is 6.89. The quantitative estimate of drug-likeness (QED) is 0.757. The fraction of sp³-hybridized carbons (Fsp3) is 0.846. The van der Waals surface area contributed by atoms with Crippen LogP contribution in [0, 0.1) is 5.92 Å². The van der Waals surface area contributed by atoms with Crippen LogP contribution in [0.25, 0.3) is 0 Å². The zero-order valence-electron chi connectivity index (χ0n) is 10.7. The Hall–Kier alpha value is -1.10. The van der Waals surface area contributed by atoms with Gasteiger partial charge in [0.25, 0.3) is 0 Å². The Labute approximate surface area is 108 Å². The van der Waals surface area contributed by atoms with E-state index in [1.807, 2.05) is 0 Å². The lowest BCUT2D eigenvalue weighted by Gasteiger charge is -2.27. The molecule has 2 amide bonds. The lowest BCUT2D eigenvalue weighted by atomic mass is 9.86. The van der Waals surface area contributed by atoms with Crippen molar-refractivity contribution in [1.82, 2.24) is 10.2 Å². The van der Waals surface area contributed by atoms with Crippen LogP contribution < -0.4 is 5.32 Å². The Balaban J connectivity index is 1.69. The number of amides is 2. The van der Waals surface area contributed by atoms with Gasteiger partial charge in [0.2, 0.25) is 11.8 Å². The van der Waals surface area contributed by atoms with E-state index in [9.17, 15) is 14.7 Å². The molecule has 0 aromatic rings. The third-order valence-electron chi connectivity index (χ3n) is 3.94. The van der Waals surface area contributed by atoms with Crippen molar-refractivity contribution in [1.29, 1.82) is 0 Å². The van der Waals surface area contributed by atoms with E-state index in [0.29, 0.717) is 19.5 Å². The van der Waals surface area contributed by atoms with Crippen LogP contribution in [0.15, 0.2) is 0 Å². The number of carbonyl (C=O) groups excluding carboxylic acids is 2. The first-order chi connectivity index (χ1) is 8.66. The standard InChI is InChI=1S/C13H22N2O3/c16-11-5-2-1-4-10(11)8-14-12(17)9-15-7-3-6-13(15)18/h10-11,16H,1-9H2,(H,14,17). The molecule has 5 heteroatoms. The molecule has 0 radical (unpaired) electrons. The van der Waals surface area contributed by atoms with Crippen molar-refractivity contribution in [3.8, 4) is 0 Å². The second-order valence-corrected chi connectivity index (χ2v) is 5.33. The van der Waals surface area contributed by atoms with Gasteiger partial charge >= 0.3 is 0 Å². The highest BCUT2D eigenvalue weighted by Crippen LogP contribution is 2.23. The molecule has 1 aliphatic heterocycles. The summed E-state index contributed by atoms with van der Waals surface area (Å²) in [7, 11) is 0. The van der Waals surface area contributed by atoms with E-state index in [2.05, 4.69) is 5.32 Å². The van der Waals surface area contributed by atoms with Crippen LogP contribution in [-0.2, 0) is 9.59 Å². The van der Waals surface area contributed by atoms with E-state index in [1.165, 1.54) is 0 Å². The summed E-state index contributed by atoms with van der Waals surface area (Å²) < 4.78 is 0. The number of rotatable bonds is 4. The number of carbonyl (C=O) groups is 2. The number of hydrogen-bond acceptors (Lipinski definition) is 3. The molecule has 1 aliphatic carbocycles. The van der Waals surface area contributed by atoms with Gasteiger partial charge in [-0.3, -0.25) is 9.59 Å². The van der Waals surface area contributed by atoms with Gasteiger partial charge in [-0.05, 0) is 19.3 Å². The Bertz CT molecular complexity index is 319. The molecule has 2 N–H and O–H groups in total. The zero-order valence-corrected chi connectivity index (χ0v) is 10.7. The fourth-order valence-electron chi connectivity index (χ4n) is 2.77. The lowest BCUT2D eigenvalue weighted by Crippen LogP contribution is -2.42. The molecule has 102 valence electrons. The minimum Gasteiger partial charge on any atom is -0.393 e. The highest BCUT2D eigenvalue weighted by molar-refractivity contribution is 5.85. The van der Waals surface area contributed by atoms with E-state index < -0.39 is 0 Å². The largest absolute Gasteiger partial charge is 0.393 e. The summed E-state index contributed by atoms with van der Waals surface area (Å²) in [5.41, 5.74) is 0. The molecule has 2 atom stereocenters. The molecule has 1 saturated heterocycles. The number of nitrogens with one attached hydrogen (secondary N) is 1. The molecule has 2 unspecified atom stereocenters. The number of nitrogens with zero attached hydrogens (tertiary/aromatic N) is 1. The van der Waals surface area contributed by atoms with Gasteiger partial charge in [0.05, 0.1) is 12.6 Å². The van der Waals surface area contributed by atoms with Crippen molar-refractivity contribution in [2.75, 3.05) is 19.6 Å². The van der Waals surface area contributed by atoms with Gasteiger partial charge < -0.3 is 15.3 Å². The van der Waals surface area contributed by atoms with E-state index in [4.69, 9.17) is 0 Å². The molecular formula is C13H22N2O3. The van der Waals surface area contributed by atoms with Crippen LogP contribution in [0.1, 0.15) is 38.5 Å². The van der Waals surface area contributed by atoms with Gasteiger partial charge in [-0.1, -0.05) is 12.8 Å². The van der Waals surface area contributed by atoms with Crippen molar-refractivity contribution in [2.24, 2.45) is 5.92 Å². The van der Waals surface area contributed by atoms with Gasteiger partial charge in [-0.15, -0.1) is 0 Å². The molecule has 0 spiro atoms. The second kappa shape index (κ2) is 6.18. The van der Waals surface area contributed by atoms with Crippen molar-refractivity contribution < 1.29 is 14.7 Å². The summed E-state index contributed by atoms with van der Waals surface area (Å²) in [6.45, 7) is 1.39. The molecule has 2 fully saturated rings. The topological polar surface area (TPSA) is 69.6 Å². The summed E-state index contributed by atoms with van der Waals surface area (Å²) in [6.07, 6.45) is 5.15. The SMILES string of the molecule is O=C(CN1CCCC1=O)NCC1CCCCC1O. The van der Waals surface area contributed by atoms with Crippen LogP contribution in [0.4, 0.5) is 0 Å². The number of aliphatic hydroxyl groups is 1. The van der Waals surface area contributed by atoms with E-state index >= 15 is 0 Å². The van der Waals surface area contributed by atoms with Crippen LogP contribution >= 0.6 is 0 Å². The molecule has 2 rings (SSSR count). The third kappa shape index (κ3) is 3.45. The lowest BCUT2D eigenvalue weighted by molar-refractivity contribution is -0.133. The van der Waals surface area contributed by atoms with Gasteiger partial charge in [0.15, 0.2) is 0 Å². The van der Waals surface area contributed by atoms with Crippen molar-refractivity contribution in [3.63, 3.8) is 0 Å². The first-order valence-electron chi connectivity index (χ1n) is 6.89. The van der Waals surface area contributed by atoms with Gasteiger partial charge in [0, 0.05) is 25.4 Å². The summed E-state index contributed by atoms with van der Waals surface area (Å²) >= 11 is 0. The Morgan fingerprint density at radius 1 is 1.33 bits per heavy atom. The second-order valence-electron chi connectivity index (χ2n) is 5.33. The van der Waals surface area contributed by atoms with E-state index in [1.54, 1.807) is 4.90 Å². The third-order valence-corrected chi connectivity index (χ3v) is 3.94. The molecule has 0 aromatic carbocycles. The summed E-state index contributed by atoms with van der Waals surface area (Å²) in [5.74, 6) is 0.142. The van der Waals surface area contributed by atoms with Crippen LogP contribution in [0.5, 0.6) is 0 Å². The Morgan fingerprint density at radius 2 is 2.11 bits per heavy atom. The molecule has 5 nitrogen and oxygen atoms in total. The average Bonchev–Trinajstić information content (AvgIpc) is 2.74. The monoisotopic (exact) mass is 254 g/mol. The molecule has 1 saturated carbocycles.